The van der Waals surface area contributed by atoms with Gasteiger partial charge in [0.25, 0.3) is 0 Å². The first kappa shape index (κ1) is 12.2. The van der Waals surface area contributed by atoms with Crippen molar-refractivity contribution in [3.8, 4) is 0 Å². The van der Waals surface area contributed by atoms with E-state index in [2.05, 4.69) is 30.7 Å². The molecule has 0 saturated heterocycles. The van der Waals surface area contributed by atoms with Crippen LogP contribution in [0.5, 0.6) is 0 Å². The third-order valence-corrected chi connectivity index (χ3v) is 3.44. The topological polar surface area (TPSA) is 33.2 Å². The van der Waals surface area contributed by atoms with Crippen LogP contribution in [0.25, 0.3) is 0 Å². The van der Waals surface area contributed by atoms with Crippen molar-refractivity contribution in [2.75, 3.05) is 11.4 Å². The van der Waals surface area contributed by atoms with E-state index in [0.29, 0.717) is 11.7 Å². The summed E-state index contributed by atoms with van der Waals surface area (Å²) in [4.78, 5) is 17.7. The van der Waals surface area contributed by atoms with E-state index < -0.39 is 0 Å². The predicted molar refractivity (Wildman–Crippen MR) is 64.9 cm³/mol. The van der Waals surface area contributed by atoms with Crippen LogP contribution in [0, 0.1) is 0 Å². The summed E-state index contributed by atoms with van der Waals surface area (Å²) in [5.74, 6) is 0.0395. The van der Waals surface area contributed by atoms with Gasteiger partial charge in [-0.3, -0.25) is 4.79 Å². The summed E-state index contributed by atoms with van der Waals surface area (Å²) in [6.07, 6.45) is 1.09. The van der Waals surface area contributed by atoms with Gasteiger partial charge in [0.2, 0.25) is 0 Å². The molecule has 3 nitrogen and oxygen atoms in total. The van der Waals surface area contributed by atoms with Crippen LogP contribution in [0.3, 0.4) is 0 Å². The Hall–Kier alpha value is -0.900. The Morgan fingerprint density at radius 3 is 2.67 bits per heavy atom. The number of hydrogen-bond donors (Lipinski definition) is 0. The van der Waals surface area contributed by atoms with Crippen molar-refractivity contribution >= 4 is 22.3 Å². The fourth-order valence-corrected chi connectivity index (χ4v) is 2.44. The lowest BCUT2D eigenvalue weighted by Gasteiger charge is -2.26. The van der Waals surface area contributed by atoms with Crippen LogP contribution in [-0.4, -0.2) is 23.4 Å². The molecule has 0 bridgehead atoms. The summed E-state index contributed by atoms with van der Waals surface area (Å²) < 4.78 is 0. The molecule has 0 spiro atoms. The Morgan fingerprint density at radius 1 is 1.60 bits per heavy atom. The Morgan fingerprint density at radius 2 is 2.27 bits per heavy atom. The zero-order valence-electron chi connectivity index (χ0n) is 9.78. The van der Waals surface area contributed by atoms with Gasteiger partial charge in [-0.25, -0.2) is 4.98 Å². The molecule has 1 atom stereocenters. The first-order chi connectivity index (χ1) is 7.10. The van der Waals surface area contributed by atoms with E-state index in [0.717, 1.165) is 18.1 Å². The van der Waals surface area contributed by atoms with Crippen LogP contribution in [0.2, 0.25) is 0 Å². The number of aromatic nitrogens is 1. The van der Waals surface area contributed by atoms with Gasteiger partial charge in [0.1, 0.15) is 5.69 Å². The first-order valence-electron chi connectivity index (χ1n) is 5.33. The second-order valence-corrected chi connectivity index (χ2v) is 4.45. The molecule has 0 aliphatic heterocycles. The Labute approximate surface area is 95.1 Å². The lowest BCUT2D eigenvalue weighted by atomic mass is 10.2. The second kappa shape index (κ2) is 5.26. The predicted octanol–water partition coefficient (Wildman–Crippen LogP) is 2.97. The first-order valence-corrected chi connectivity index (χ1v) is 6.21. The third-order valence-electron chi connectivity index (χ3n) is 2.56. The number of thiazole rings is 1. The van der Waals surface area contributed by atoms with Gasteiger partial charge in [-0.1, -0.05) is 6.92 Å². The van der Waals surface area contributed by atoms with Gasteiger partial charge in [0.05, 0.1) is 0 Å². The van der Waals surface area contributed by atoms with Crippen LogP contribution >= 0.6 is 11.3 Å². The molecule has 0 aliphatic rings. The molecule has 0 aliphatic carbocycles. The number of anilines is 1. The molecule has 0 amide bonds. The molecule has 15 heavy (non-hydrogen) atoms. The number of nitrogens with zero attached hydrogens (tertiary/aromatic N) is 2. The minimum atomic E-state index is 0.0395. The van der Waals surface area contributed by atoms with E-state index in [1.807, 2.05) is 5.38 Å². The maximum absolute atomic E-state index is 11.1. The molecule has 84 valence electrons. The Bertz CT molecular complexity index is 335. The van der Waals surface area contributed by atoms with Crippen molar-refractivity contribution in [1.29, 1.82) is 0 Å². The van der Waals surface area contributed by atoms with Gasteiger partial charge >= 0.3 is 0 Å². The summed E-state index contributed by atoms with van der Waals surface area (Å²) in [5, 5.41) is 2.79. The summed E-state index contributed by atoms with van der Waals surface area (Å²) in [7, 11) is 0. The highest BCUT2D eigenvalue weighted by Crippen LogP contribution is 2.23. The SMILES string of the molecule is CCC(C)N(CC)c1nc(C(C)=O)cs1. The largest absolute Gasteiger partial charge is 0.346 e. The summed E-state index contributed by atoms with van der Waals surface area (Å²) in [6, 6.07) is 0.473. The van der Waals surface area contributed by atoms with Crippen LogP contribution in [0.1, 0.15) is 44.6 Å². The molecule has 4 heteroatoms. The minimum absolute atomic E-state index is 0.0395. The standard InChI is InChI=1S/C11H18N2OS/c1-5-8(3)13(6-2)11-12-10(7-15-11)9(4)14/h7-8H,5-6H2,1-4H3. The number of hydrogen-bond acceptors (Lipinski definition) is 4. The fraction of sp³-hybridized carbons (Fsp3) is 0.636. The van der Waals surface area contributed by atoms with Gasteiger partial charge < -0.3 is 4.90 Å². The van der Waals surface area contributed by atoms with Gasteiger partial charge in [0.15, 0.2) is 10.9 Å². The highest BCUT2D eigenvalue weighted by Gasteiger charge is 2.15. The zero-order valence-corrected chi connectivity index (χ0v) is 10.6. The molecule has 0 aromatic carbocycles. The number of Topliss-reactive ketones (excluding diaryl/α,β-unsaturated/α-hetero) is 1. The highest BCUT2D eigenvalue weighted by molar-refractivity contribution is 7.13. The normalized spacial score (nSPS) is 12.5. The number of rotatable bonds is 5. The van der Waals surface area contributed by atoms with Gasteiger partial charge in [0, 0.05) is 24.9 Å². The maximum Gasteiger partial charge on any atom is 0.186 e. The monoisotopic (exact) mass is 226 g/mol. The quantitative estimate of drug-likeness (QED) is 0.724. The molecule has 1 unspecified atom stereocenters. The summed E-state index contributed by atoms with van der Waals surface area (Å²) in [5.41, 5.74) is 0.580. The maximum atomic E-state index is 11.1. The molecule has 0 fully saturated rings. The second-order valence-electron chi connectivity index (χ2n) is 3.61. The highest BCUT2D eigenvalue weighted by atomic mass is 32.1. The smallest absolute Gasteiger partial charge is 0.186 e. The van der Waals surface area contributed by atoms with E-state index in [4.69, 9.17) is 0 Å². The Kier molecular flexibility index (Phi) is 4.27. The summed E-state index contributed by atoms with van der Waals surface area (Å²) in [6.45, 7) is 8.93. The molecular formula is C11H18N2OS. The number of carbonyl (C=O) groups is 1. The van der Waals surface area contributed by atoms with Crippen LogP contribution in [0.4, 0.5) is 5.13 Å². The average molecular weight is 226 g/mol. The fourth-order valence-electron chi connectivity index (χ4n) is 1.41. The lowest BCUT2D eigenvalue weighted by Crippen LogP contribution is -2.32. The van der Waals surface area contributed by atoms with Gasteiger partial charge in [-0.2, -0.15) is 0 Å². The van der Waals surface area contributed by atoms with Crippen molar-refractivity contribution in [3.05, 3.63) is 11.1 Å². The minimum Gasteiger partial charge on any atom is -0.346 e. The van der Waals surface area contributed by atoms with E-state index in [9.17, 15) is 4.79 Å². The van der Waals surface area contributed by atoms with Crippen LogP contribution in [0.15, 0.2) is 5.38 Å². The van der Waals surface area contributed by atoms with E-state index in [1.165, 1.54) is 0 Å². The van der Waals surface area contributed by atoms with Crippen molar-refractivity contribution < 1.29 is 4.79 Å². The van der Waals surface area contributed by atoms with Crippen LogP contribution < -0.4 is 4.90 Å². The van der Waals surface area contributed by atoms with E-state index in [-0.39, 0.29) is 5.78 Å². The average Bonchev–Trinajstić information content (AvgIpc) is 2.68. The van der Waals surface area contributed by atoms with E-state index >= 15 is 0 Å². The van der Waals surface area contributed by atoms with Gasteiger partial charge in [-0.05, 0) is 20.3 Å². The van der Waals surface area contributed by atoms with Crippen molar-refractivity contribution in [3.63, 3.8) is 0 Å². The lowest BCUT2D eigenvalue weighted by molar-refractivity contribution is 0.101. The summed E-state index contributed by atoms with van der Waals surface area (Å²) >= 11 is 1.55. The number of carbonyl (C=O) groups excluding carboxylic acids is 1. The number of ketones is 1. The molecule has 1 heterocycles. The van der Waals surface area contributed by atoms with Crippen LogP contribution in [-0.2, 0) is 0 Å². The third kappa shape index (κ3) is 2.78. The zero-order chi connectivity index (χ0) is 11.4. The molecule has 1 rings (SSSR count). The molecular weight excluding hydrogens is 208 g/mol. The van der Waals surface area contributed by atoms with Crippen molar-refractivity contribution in [2.24, 2.45) is 0 Å². The molecule has 0 saturated carbocycles. The molecule has 1 aromatic heterocycles. The van der Waals surface area contributed by atoms with Crippen molar-refractivity contribution in [1.82, 2.24) is 4.98 Å². The molecule has 1 aromatic rings. The van der Waals surface area contributed by atoms with E-state index in [1.54, 1.807) is 18.3 Å². The molecule has 0 N–H and O–H groups in total. The van der Waals surface area contributed by atoms with Gasteiger partial charge in [-0.15, -0.1) is 11.3 Å². The Balaban J connectivity index is 2.87. The molecule has 0 radical (unpaired) electrons. The van der Waals surface area contributed by atoms with Crippen molar-refractivity contribution in [2.45, 2.75) is 40.2 Å².